The largest absolute Gasteiger partial charge is 0.489 e. The van der Waals surface area contributed by atoms with Gasteiger partial charge in [-0.3, -0.25) is 14.4 Å². The minimum atomic E-state index is -1.27. The molecule has 2 amide bonds. The first-order valence-corrected chi connectivity index (χ1v) is 13.5. The fourth-order valence-electron chi connectivity index (χ4n) is 5.04. The Morgan fingerprint density at radius 3 is 2.44 bits per heavy atom. The minimum absolute atomic E-state index is 0.0831. The van der Waals surface area contributed by atoms with Gasteiger partial charge in [0.05, 0.1) is 25.9 Å². The highest BCUT2D eigenvalue weighted by atomic mass is 16.6. The van der Waals surface area contributed by atoms with Crippen molar-refractivity contribution in [2.24, 2.45) is 11.8 Å². The van der Waals surface area contributed by atoms with E-state index in [1.165, 1.54) is 0 Å². The van der Waals surface area contributed by atoms with Crippen LogP contribution in [-0.4, -0.2) is 65.3 Å². The average Bonchev–Trinajstić information content (AvgIpc) is 3.75. The number of aliphatic hydroxyl groups excluding tert-OH is 2. The van der Waals surface area contributed by atoms with Gasteiger partial charge in [-0.1, -0.05) is 56.3 Å². The van der Waals surface area contributed by atoms with Gasteiger partial charge >= 0.3 is 0 Å². The fraction of sp³-hybridized carbons (Fsp3) is 0.500. The van der Waals surface area contributed by atoms with E-state index in [2.05, 4.69) is 10.6 Å². The highest BCUT2D eigenvalue weighted by molar-refractivity contribution is 5.98. The molecule has 1 aliphatic carbocycles. The van der Waals surface area contributed by atoms with Crippen LogP contribution in [0, 0.1) is 11.8 Å². The smallest absolute Gasteiger partial charge is 0.245 e. The summed E-state index contributed by atoms with van der Waals surface area (Å²) in [6.45, 7) is 3.32. The molecule has 0 saturated carbocycles. The third-order valence-corrected chi connectivity index (χ3v) is 7.40. The van der Waals surface area contributed by atoms with Gasteiger partial charge in [-0.15, -0.1) is 0 Å². The lowest BCUT2D eigenvalue weighted by molar-refractivity contribution is -0.135. The molecule has 4 N–H and O–H groups in total. The lowest BCUT2D eigenvalue weighted by atomic mass is 9.83. The van der Waals surface area contributed by atoms with E-state index < -0.39 is 42.6 Å². The van der Waals surface area contributed by atoms with Gasteiger partial charge in [0.1, 0.15) is 18.4 Å². The molecule has 0 aromatic heterocycles. The van der Waals surface area contributed by atoms with Crippen molar-refractivity contribution in [1.29, 1.82) is 0 Å². The summed E-state index contributed by atoms with van der Waals surface area (Å²) >= 11 is 0. The van der Waals surface area contributed by atoms with Crippen LogP contribution in [0.1, 0.15) is 43.4 Å². The van der Waals surface area contributed by atoms with Crippen LogP contribution < -0.4 is 15.4 Å². The van der Waals surface area contributed by atoms with Crippen LogP contribution in [0.4, 0.5) is 0 Å². The number of Topliss-reactive ketones (excluding diaryl/α,β-unsaturated/α-hetero) is 1. The predicted octanol–water partition coefficient (Wildman–Crippen LogP) is 1.71. The van der Waals surface area contributed by atoms with E-state index in [-0.39, 0.29) is 24.3 Å². The number of fused-ring (bicyclic) bond motifs is 1. The molecule has 1 aliphatic heterocycles. The predicted molar refractivity (Wildman–Crippen MR) is 144 cm³/mol. The minimum Gasteiger partial charge on any atom is -0.489 e. The van der Waals surface area contributed by atoms with Crippen molar-refractivity contribution < 1.29 is 34.1 Å². The number of hydrogen-bond donors (Lipinski definition) is 4. The van der Waals surface area contributed by atoms with Crippen LogP contribution in [0.15, 0.2) is 48.5 Å². The summed E-state index contributed by atoms with van der Waals surface area (Å²) in [5, 5.41) is 24.8. The van der Waals surface area contributed by atoms with Crippen molar-refractivity contribution in [3.63, 3.8) is 0 Å². The number of carbonyl (C=O) groups is 3. The normalized spacial score (nSPS) is 21.4. The van der Waals surface area contributed by atoms with E-state index in [1.807, 2.05) is 62.4 Å². The summed E-state index contributed by atoms with van der Waals surface area (Å²) in [4.78, 5) is 39.1. The SMILES string of the molecule is CC(C)C[C@H](NC(=O)[C@H](CO)NC(=O)C1CCc2c(cccc2OCc2ccccc2)C1)C(=O)[C@@]1(CO)CO1. The van der Waals surface area contributed by atoms with Gasteiger partial charge in [0, 0.05) is 5.92 Å². The summed E-state index contributed by atoms with van der Waals surface area (Å²) < 4.78 is 11.3. The molecule has 2 aromatic carbocycles. The Kier molecular flexibility index (Phi) is 9.37. The molecule has 4 rings (SSSR count). The molecule has 4 atom stereocenters. The first-order chi connectivity index (χ1) is 18.8. The molecular weight excluding hydrogens is 500 g/mol. The number of epoxide rings is 1. The summed E-state index contributed by atoms with van der Waals surface area (Å²) in [5.74, 6) is -0.844. The van der Waals surface area contributed by atoms with Crippen molar-refractivity contribution in [3.8, 4) is 5.75 Å². The second-order valence-corrected chi connectivity index (χ2v) is 10.8. The van der Waals surface area contributed by atoms with Gasteiger partial charge in [-0.05, 0) is 54.4 Å². The van der Waals surface area contributed by atoms with E-state index in [1.54, 1.807) is 0 Å². The third kappa shape index (κ3) is 7.03. The Balaban J connectivity index is 1.36. The van der Waals surface area contributed by atoms with Gasteiger partial charge in [0.25, 0.3) is 0 Å². The van der Waals surface area contributed by atoms with E-state index in [0.717, 1.165) is 22.4 Å². The number of rotatable bonds is 13. The lowest BCUT2D eigenvalue weighted by Gasteiger charge is -2.28. The first-order valence-electron chi connectivity index (χ1n) is 13.5. The van der Waals surface area contributed by atoms with Gasteiger partial charge in [0.15, 0.2) is 11.4 Å². The Bertz CT molecular complexity index is 1160. The first kappa shape index (κ1) is 28.7. The summed E-state index contributed by atoms with van der Waals surface area (Å²) in [6, 6.07) is 13.7. The van der Waals surface area contributed by atoms with Gasteiger partial charge in [-0.2, -0.15) is 0 Å². The maximum Gasteiger partial charge on any atom is 0.245 e. The molecule has 9 nitrogen and oxygen atoms in total. The molecule has 0 spiro atoms. The molecule has 210 valence electrons. The third-order valence-electron chi connectivity index (χ3n) is 7.40. The topological polar surface area (TPSA) is 137 Å². The molecule has 2 aromatic rings. The lowest BCUT2D eigenvalue weighted by Crippen LogP contribution is -2.56. The van der Waals surface area contributed by atoms with Crippen LogP contribution in [0.2, 0.25) is 0 Å². The number of nitrogens with one attached hydrogen (secondary N) is 2. The van der Waals surface area contributed by atoms with E-state index >= 15 is 0 Å². The highest BCUT2D eigenvalue weighted by Gasteiger charge is 2.54. The number of amides is 2. The van der Waals surface area contributed by atoms with Crippen molar-refractivity contribution in [1.82, 2.24) is 10.6 Å². The number of benzene rings is 2. The molecule has 1 fully saturated rings. The Hall–Kier alpha value is -3.27. The Labute approximate surface area is 228 Å². The monoisotopic (exact) mass is 538 g/mol. The highest BCUT2D eigenvalue weighted by Crippen LogP contribution is 2.33. The van der Waals surface area contributed by atoms with Crippen molar-refractivity contribution in [2.45, 2.75) is 63.8 Å². The maximum absolute atomic E-state index is 13.1. The van der Waals surface area contributed by atoms with Gasteiger partial charge in [0.2, 0.25) is 11.8 Å². The molecule has 9 heteroatoms. The molecule has 0 bridgehead atoms. The number of ketones is 1. The molecule has 1 heterocycles. The van der Waals surface area contributed by atoms with E-state index in [9.17, 15) is 24.6 Å². The standard InChI is InChI=1S/C30H38N2O7/c1-19(2)13-24(27(35)30(17-34)18-39-30)31-29(37)25(15-33)32-28(36)22-11-12-23-21(14-22)9-6-10-26(23)38-16-20-7-4-3-5-8-20/h3-10,19,22,24-25,33-34H,11-18H2,1-2H3,(H,31,37)(H,32,36)/t22?,24-,25-,30+/m0/s1. The van der Waals surface area contributed by atoms with Gasteiger partial charge < -0.3 is 30.3 Å². The quantitative estimate of drug-likeness (QED) is 0.285. The summed E-state index contributed by atoms with van der Waals surface area (Å²) in [6.07, 6.45) is 2.07. The number of carbonyl (C=O) groups excluding carboxylic acids is 3. The molecule has 2 aliphatic rings. The van der Waals surface area contributed by atoms with Crippen LogP contribution in [-0.2, 0) is 38.6 Å². The molecule has 0 radical (unpaired) electrons. The molecule has 1 saturated heterocycles. The van der Waals surface area contributed by atoms with E-state index in [0.29, 0.717) is 32.3 Å². The Morgan fingerprint density at radius 2 is 1.79 bits per heavy atom. The summed E-state index contributed by atoms with van der Waals surface area (Å²) in [5.41, 5.74) is 1.91. The average molecular weight is 539 g/mol. The summed E-state index contributed by atoms with van der Waals surface area (Å²) in [7, 11) is 0. The van der Waals surface area contributed by atoms with Crippen molar-refractivity contribution in [2.75, 3.05) is 19.8 Å². The van der Waals surface area contributed by atoms with E-state index in [4.69, 9.17) is 9.47 Å². The van der Waals surface area contributed by atoms with Crippen molar-refractivity contribution >= 4 is 17.6 Å². The molecular formula is C30H38N2O7. The Morgan fingerprint density at radius 1 is 1.05 bits per heavy atom. The zero-order valence-corrected chi connectivity index (χ0v) is 22.5. The van der Waals surface area contributed by atoms with Crippen LogP contribution in [0.25, 0.3) is 0 Å². The van der Waals surface area contributed by atoms with Crippen LogP contribution >= 0.6 is 0 Å². The van der Waals surface area contributed by atoms with Gasteiger partial charge in [-0.25, -0.2) is 0 Å². The molecule has 1 unspecified atom stereocenters. The fourth-order valence-corrected chi connectivity index (χ4v) is 5.04. The number of ether oxygens (including phenoxy) is 2. The zero-order chi connectivity index (χ0) is 28.0. The number of hydrogen-bond acceptors (Lipinski definition) is 7. The second-order valence-electron chi connectivity index (χ2n) is 10.8. The number of aliphatic hydroxyl groups is 2. The molecule has 39 heavy (non-hydrogen) atoms. The van der Waals surface area contributed by atoms with Crippen LogP contribution in [0.3, 0.4) is 0 Å². The zero-order valence-electron chi connectivity index (χ0n) is 22.5. The maximum atomic E-state index is 13.1. The van der Waals surface area contributed by atoms with Crippen LogP contribution in [0.5, 0.6) is 5.75 Å². The van der Waals surface area contributed by atoms with Crippen molar-refractivity contribution in [3.05, 3.63) is 65.2 Å². The second kappa shape index (κ2) is 12.7.